The lowest BCUT2D eigenvalue weighted by atomic mass is 9.95. The number of aromatic nitrogens is 3. The van der Waals surface area contributed by atoms with Crippen molar-refractivity contribution in [1.82, 2.24) is 14.8 Å². The first-order chi connectivity index (χ1) is 8.15. The fourth-order valence-electron chi connectivity index (χ4n) is 2.27. The number of rotatable bonds is 1. The van der Waals surface area contributed by atoms with Gasteiger partial charge in [-0.05, 0) is 24.8 Å². The second-order valence-electron chi connectivity index (χ2n) is 4.33. The van der Waals surface area contributed by atoms with Crippen molar-refractivity contribution in [2.45, 2.75) is 36.3 Å². The van der Waals surface area contributed by atoms with Crippen LogP contribution in [0.25, 0.3) is 0 Å². The average Bonchev–Trinajstić information content (AvgIpc) is 2.70. The minimum Gasteiger partial charge on any atom is -0.327 e. The summed E-state index contributed by atoms with van der Waals surface area (Å²) in [4.78, 5) is 4.22. The number of fused-ring (bicyclic) bond motifs is 1. The van der Waals surface area contributed by atoms with Gasteiger partial charge in [-0.2, -0.15) is 4.98 Å². The van der Waals surface area contributed by atoms with E-state index in [-0.39, 0.29) is 5.38 Å². The molecule has 2 atom stereocenters. The van der Waals surface area contributed by atoms with E-state index in [1.54, 1.807) is 10.9 Å². The summed E-state index contributed by atoms with van der Waals surface area (Å²) >= 11 is 6.29. The van der Waals surface area contributed by atoms with Crippen LogP contribution in [0.3, 0.4) is 0 Å². The van der Waals surface area contributed by atoms with Gasteiger partial charge < -0.3 is 5.32 Å². The summed E-state index contributed by atoms with van der Waals surface area (Å²) < 4.78 is 13.1. The molecule has 1 aliphatic heterocycles. The molecule has 2 heterocycles. The van der Waals surface area contributed by atoms with Crippen LogP contribution in [0.5, 0.6) is 0 Å². The number of anilines is 1. The first kappa shape index (κ1) is 11.2. The van der Waals surface area contributed by atoms with E-state index in [1.807, 2.05) is 0 Å². The maximum Gasteiger partial charge on any atom is 0.240 e. The van der Waals surface area contributed by atoms with Gasteiger partial charge in [-0.25, -0.2) is 4.68 Å². The van der Waals surface area contributed by atoms with Crippen molar-refractivity contribution < 1.29 is 4.21 Å². The van der Waals surface area contributed by atoms with Gasteiger partial charge >= 0.3 is 0 Å². The smallest absolute Gasteiger partial charge is 0.240 e. The lowest BCUT2D eigenvalue weighted by molar-refractivity contribution is 0.571. The van der Waals surface area contributed by atoms with E-state index in [4.69, 9.17) is 11.6 Å². The first-order valence-corrected chi connectivity index (χ1v) is 7.56. The van der Waals surface area contributed by atoms with Crippen LogP contribution in [0, 0.1) is 0 Å². The molecule has 92 valence electrons. The van der Waals surface area contributed by atoms with E-state index in [9.17, 15) is 4.21 Å². The Labute approximate surface area is 107 Å². The van der Waals surface area contributed by atoms with Gasteiger partial charge in [0.2, 0.25) is 11.1 Å². The molecule has 0 bridgehead atoms. The summed E-state index contributed by atoms with van der Waals surface area (Å²) in [6, 6.07) is 0. The lowest BCUT2D eigenvalue weighted by Crippen LogP contribution is -2.27. The fraction of sp³-hybridized carbons (Fsp3) is 0.600. The number of nitrogens with one attached hydrogen (secondary N) is 1. The third kappa shape index (κ3) is 1.89. The predicted octanol–water partition coefficient (Wildman–Crippen LogP) is 1.49. The predicted molar refractivity (Wildman–Crippen MR) is 66.5 cm³/mol. The Balaban J connectivity index is 1.96. The van der Waals surface area contributed by atoms with Gasteiger partial charge in [0.25, 0.3) is 0 Å². The van der Waals surface area contributed by atoms with E-state index in [2.05, 4.69) is 15.4 Å². The van der Waals surface area contributed by atoms with Crippen LogP contribution >= 0.6 is 11.6 Å². The molecule has 0 saturated heterocycles. The Kier molecular flexibility index (Phi) is 2.71. The first-order valence-electron chi connectivity index (χ1n) is 5.56. The molecule has 2 aliphatic rings. The second kappa shape index (κ2) is 4.10. The fourth-order valence-corrected chi connectivity index (χ4v) is 3.06. The van der Waals surface area contributed by atoms with Crippen LogP contribution in [0.1, 0.15) is 19.3 Å². The number of alkyl halides is 1. The summed E-state index contributed by atoms with van der Waals surface area (Å²) in [5, 5.41) is 7.87. The normalized spacial score (nSPS) is 24.9. The van der Waals surface area contributed by atoms with Gasteiger partial charge in [0.1, 0.15) is 0 Å². The quantitative estimate of drug-likeness (QED) is 0.787. The minimum atomic E-state index is -1.15. The molecular formula is C10H13ClN4OS. The third-order valence-corrected chi connectivity index (χ3v) is 4.25. The van der Waals surface area contributed by atoms with E-state index < -0.39 is 10.8 Å². The highest BCUT2D eigenvalue weighted by Crippen LogP contribution is 2.33. The van der Waals surface area contributed by atoms with Crippen LogP contribution in [0.4, 0.5) is 5.95 Å². The van der Waals surface area contributed by atoms with Crippen molar-refractivity contribution in [3.05, 3.63) is 11.3 Å². The molecule has 7 heteroatoms. The topological polar surface area (TPSA) is 59.8 Å². The average molecular weight is 273 g/mol. The SMILES string of the molecule is CS(=O)c1nc2n(n1)CC1=C(N2)C(Cl)CCC1. The Morgan fingerprint density at radius 3 is 3.18 bits per heavy atom. The standard InChI is InChI=1S/C10H13ClN4OS/c1-17(16)10-13-9-12-8-6(5-15(9)14-10)3-2-4-7(8)11/h7H,2-5H2,1H3,(H,12,13,14). The molecule has 3 rings (SSSR count). The summed E-state index contributed by atoms with van der Waals surface area (Å²) in [6.07, 6.45) is 4.74. The van der Waals surface area contributed by atoms with Crippen molar-refractivity contribution in [3.63, 3.8) is 0 Å². The Bertz CT molecular complexity index is 524. The molecule has 0 fully saturated rings. The van der Waals surface area contributed by atoms with E-state index in [1.165, 1.54) is 5.57 Å². The summed E-state index contributed by atoms with van der Waals surface area (Å²) in [5.41, 5.74) is 2.37. The molecule has 1 aromatic rings. The molecule has 0 saturated carbocycles. The molecule has 0 radical (unpaired) electrons. The van der Waals surface area contributed by atoms with Crippen LogP contribution in [0.15, 0.2) is 16.4 Å². The maximum absolute atomic E-state index is 11.3. The van der Waals surface area contributed by atoms with E-state index in [0.717, 1.165) is 25.0 Å². The van der Waals surface area contributed by atoms with Gasteiger partial charge in [-0.15, -0.1) is 16.7 Å². The Morgan fingerprint density at radius 1 is 1.59 bits per heavy atom. The van der Waals surface area contributed by atoms with Crippen LogP contribution in [-0.2, 0) is 17.3 Å². The van der Waals surface area contributed by atoms with E-state index >= 15 is 0 Å². The molecule has 2 unspecified atom stereocenters. The summed E-state index contributed by atoms with van der Waals surface area (Å²) in [7, 11) is -1.15. The summed E-state index contributed by atoms with van der Waals surface area (Å²) in [5.74, 6) is 0.654. The minimum absolute atomic E-state index is 0.0415. The number of allylic oxidation sites excluding steroid dienone is 2. The molecule has 0 aromatic carbocycles. The third-order valence-electron chi connectivity index (χ3n) is 3.13. The molecule has 1 N–H and O–H groups in total. The molecule has 0 amide bonds. The largest absolute Gasteiger partial charge is 0.327 e. The van der Waals surface area contributed by atoms with Gasteiger partial charge in [0.05, 0.1) is 22.7 Å². The molecule has 5 nitrogen and oxygen atoms in total. The van der Waals surface area contributed by atoms with Gasteiger partial charge in [-0.1, -0.05) is 0 Å². The van der Waals surface area contributed by atoms with Crippen molar-refractivity contribution in [3.8, 4) is 0 Å². The van der Waals surface area contributed by atoms with Crippen LogP contribution in [0.2, 0.25) is 0 Å². The van der Waals surface area contributed by atoms with Crippen molar-refractivity contribution in [1.29, 1.82) is 0 Å². The van der Waals surface area contributed by atoms with E-state index in [0.29, 0.717) is 17.6 Å². The number of hydrogen-bond acceptors (Lipinski definition) is 4. The highest BCUT2D eigenvalue weighted by molar-refractivity contribution is 7.84. The molecule has 1 aromatic heterocycles. The van der Waals surface area contributed by atoms with Crippen molar-refractivity contribution in [2.75, 3.05) is 11.6 Å². The zero-order valence-corrected chi connectivity index (χ0v) is 11.0. The number of nitrogens with zero attached hydrogens (tertiary/aromatic N) is 3. The van der Waals surface area contributed by atoms with Gasteiger partial charge in [0, 0.05) is 12.0 Å². The van der Waals surface area contributed by atoms with Crippen LogP contribution in [-0.4, -0.2) is 30.6 Å². The second-order valence-corrected chi connectivity index (χ2v) is 6.13. The van der Waals surface area contributed by atoms with Crippen molar-refractivity contribution in [2.24, 2.45) is 0 Å². The lowest BCUT2D eigenvalue weighted by Gasteiger charge is -2.29. The number of halogens is 1. The zero-order valence-electron chi connectivity index (χ0n) is 9.44. The van der Waals surface area contributed by atoms with Gasteiger partial charge in [-0.3, -0.25) is 4.21 Å². The maximum atomic E-state index is 11.3. The number of hydrogen-bond donors (Lipinski definition) is 1. The molecule has 0 spiro atoms. The van der Waals surface area contributed by atoms with Crippen molar-refractivity contribution >= 4 is 28.3 Å². The molecule has 1 aliphatic carbocycles. The van der Waals surface area contributed by atoms with Crippen LogP contribution < -0.4 is 5.32 Å². The summed E-state index contributed by atoms with van der Waals surface area (Å²) in [6.45, 7) is 0.713. The Morgan fingerprint density at radius 2 is 2.41 bits per heavy atom. The van der Waals surface area contributed by atoms with Gasteiger partial charge in [0.15, 0.2) is 0 Å². The zero-order chi connectivity index (χ0) is 12.0. The molecular weight excluding hydrogens is 260 g/mol. The monoisotopic (exact) mass is 272 g/mol. The molecule has 17 heavy (non-hydrogen) atoms. The highest BCUT2D eigenvalue weighted by atomic mass is 35.5. The Hall–Kier alpha value is -0.880. The highest BCUT2D eigenvalue weighted by Gasteiger charge is 2.28.